The molecule has 13 heavy (non-hydrogen) atoms. The van der Waals surface area contributed by atoms with Gasteiger partial charge in [0.2, 0.25) is 0 Å². The third kappa shape index (κ3) is 1.33. The van der Waals surface area contributed by atoms with Crippen LogP contribution in [0.2, 0.25) is 0 Å². The molecule has 0 aromatic heterocycles. The summed E-state index contributed by atoms with van der Waals surface area (Å²) < 4.78 is 36.7. The number of hydrogen-bond donors (Lipinski definition) is 2. The standard InChI is InChI=1S/C7H10F3NO.ClH/c8-7(9,10)6(12)3-5-4(6)1-2-11-5;/h4-5,11-12H,1-3H2;1H/t4-,5-,6+;/m0./s1. The van der Waals surface area contributed by atoms with Gasteiger partial charge in [0.1, 0.15) is 0 Å². The molecule has 6 heteroatoms. The van der Waals surface area contributed by atoms with E-state index in [1.165, 1.54) is 0 Å². The Morgan fingerprint density at radius 3 is 2.46 bits per heavy atom. The molecular weight excluding hydrogens is 207 g/mol. The third-order valence-electron chi connectivity index (χ3n) is 2.98. The van der Waals surface area contributed by atoms with Gasteiger partial charge in [-0.25, -0.2) is 0 Å². The molecule has 1 heterocycles. The minimum absolute atomic E-state index is 0. The maximum absolute atomic E-state index is 12.2. The Bertz CT molecular complexity index is 210. The summed E-state index contributed by atoms with van der Waals surface area (Å²) in [5.41, 5.74) is -2.40. The molecule has 2 nitrogen and oxygen atoms in total. The van der Waals surface area contributed by atoms with Crippen LogP contribution in [-0.4, -0.2) is 29.5 Å². The molecule has 0 aromatic rings. The Kier molecular flexibility index (Phi) is 2.56. The molecule has 2 fully saturated rings. The van der Waals surface area contributed by atoms with Crippen molar-refractivity contribution >= 4 is 12.4 Å². The number of rotatable bonds is 0. The van der Waals surface area contributed by atoms with E-state index in [1.807, 2.05) is 0 Å². The number of fused-ring (bicyclic) bond motifs is 1. The quantitative estimate of drug-likeness (QED) is 0.637. The molecule has 3 atom stereocenters. The molecular formula is C7H11ClF3NO. The molecule has 2 N–H and O–H groups in total. The summed E-state index contributed by atoms with van der Waals surface area (Å²) in [5, 5.41) is 12.2. The molecule has 1 saturated carbocycles. The Morgan fingerprint density at radius 1 is 1.38 bits per heavy atom. The number of hydrogen-bond acceptors (Lipinski definition) is 2. The zero-order valence-electron chi connectivity index (χ0n) is 6.77. The van der Waals surface area contributed by atoms with Crippen LogP contribution >= 0.6 is 12.4 Å². The fourth-order valence-corrected chi connectivity index (χ4v) is 2.21. The lowest BCUT2D eigenvalue weighted by Gasteiger charge is -2.48. The molecule has 0 radical (unpaired) electrons. The minimum atomic E-state index is -4.46. The lowest BCUT2D eigenvalue weighted by Crippen LogP contribution is -2.65. The molecule has 1 aliphatic carbocycles. The van der Waals surface area contributed by atoms with Gasteiger partial charge in [0.05, 0.1) is 0 Å². The average Bonchev–Trinajstić information content (AvgIpc) is 2.27. The molecule has 2 rings (SSSR count). The minimum Gasteiger partial charge on any atom is -0.380 e. The number of aliphatic hydroxyl groups is 1. The van der Waals surface area contributed by atoms with Gasteiger partial charge in [-0.3, -0.25) is 0 Å². The van der Waals surface area contributed by atoms with E-state index in [9.17, 15) is 18.3 Å². The van der Waals surface area contributed by atoms with Crippen molar-refractivity contribution in [1.82, 2.24) is 5.32 Å². The van der Waals surface area contributed by atoms with E-state index in [1.54, 1.807) is 0 Å². The van der Waals surface area contributed by atoms with Crippen LogP contribution in [0.1, 0.15) is 12.8 Å². The van der Waals surface area contributed by atoms with Gasteiger partial charge in [-0.1, -0.05) is 0 Å². The highest BCUT2D eigenvalue weighted by Crippen LogP contribution is 2.52. The van der Waals surface area contributed by atoms with Gasteiger partial charge in [0.25, 0.3) is 0 Å². The summed E-state index contributed by atoms with van der Waals surface area (Å²) in [5.74, 6) is -0.613. The van der Waals surface area contributed by atoms with Crippen LogP contribution in [0, 0.1) is 5.92 Å². The first-order chi connectivity index (χ1) is 5.45. The van der Waals surface area contributed by atoms with Crippen LogP contribution in [0.4, 0.5) is 13.2 Å². The molecule has 0 aromatic carbocycles. The predicted molar refractivity (Wildman–Crippen MR) is 42.8 cm³/mol. The van der Waals surface area contributed by atoms with E-state index in [2.05, 4.69) is 5.32 Å². The Labute approximate surface area is 79.9 Å². The summed E-state index contributed by atoms with van der Waals surface area (Å²) >= 11 is 0. The van der Waals surface area contributed by atoms with Gasteiger partial charge in [-0.2, -0.15) is 13.2 Å². The summed E-state index contributed by atoms with van der Waals surface area (Å²) in [4.78, 5) is 0. The lowest BCUT2D eigenvalue weighted by molar-refractivity contribution is -0.312. The molecule has 0 bridgehead atoms. The smallest absolute Gasteiger partial charge is 0.380 e. The molecule has 0 amide bonds. The maximum atomic E-state index is 12.2. The summed E-state index contributed by atoms with van der Waals surface area (Å²) in [7, 11) is 0. The van der Waals surface area contributed by atoms with E-state index in [0.717, 1.165) is 0 Å². The van der Waals surface area contributed by atoms with Gasteiger partial charge in [-0.05, 0) is 13.0 Å². The highest BCUT2D eigenvalue weighted by Gasteiger charge is 2.68. The highest BCUT2D eigenvalue weighted by molar-refractivity contribution is 5.85. The monoisotopic (exact) mass is 217 g/mol. The van der Waals surface area contributed by atoms with Crippen LogP contribution in [0.3, 0.4) is 0 Å². The van der Waals surface area contributed by atoms with E-state index in [4.69, 9.17) is 0 Å². The van der Waals surface area contributed by atoms with Crippen molar-refractivity contribution in [1.29, 1.82) is 0 Å². The van der Waals surface area contributed by atoms with Crippen molar-refractivity contribution in [2.24, 2.45) is 5.92 Å². The molecule has 78 valence electrons. The van der Waals surface area contributed by atoms with Crippen LogP contribution in [0.15, 0.2) is 0 Å². The Morgan fingerprint density at radius 2 is 2.00 bits per heavy atom. The van der Waals surface area contributed by atoms with Gasteiger partial charge >= 0.3 is 6.18 Å². The van der Waals surface area contributed by atoms with E-state index >= 15 is 0 Å². The van der Waals surface area contributed by atoms with Crippen molar-refractivity contribution in [3.63, 3.8) is 0 Å². The van der Waals surface area contributed by atoms with Crippen molar-refractivity contribution in [3.05, 3.63) is 0 Å². The second-order valence-electron chi connectivity index (χ2n) is 3.58. The van der Waals surface area contributed by atoms with Gasteiger partial charge in [-0.15, -0.1) is 12.4 Å². The van der Waals surface area contributed by atoms with E-state index < -0.39 is 17.7 Å². The van der Waals surface area contributed by atoms with Crippen molar-refractivity contribution in [3.8, 4) is 0 Å². The topological polar surface area (TPSA) is 32.3 Å². The second-order valence-corrected chi connectivity index (χ2v) is 3.58. The van der Waals surface area contributed by atoms with Crippen molar-refractivity contribution < 1.29 is 18.3 Å². The third-order valence-corrected chi connectivity index (χ3v) is 2.98. The average molecular weight is 218 g/mol. The number of halogens is 4. The Hall–Kier alpha value is -0.0000000000000000486. The fourth-order valence-electron chi connectivity index (χ4n) is 2.21. The fraction of sp³-hybridized carbons (Fsp3) is 1.00. The highest BCUT2D eigenvalue weighted by atomic mass is 35.5. The van der Waals surface area contributed by atoms with E-state index in [-0.39, 0.29) is 24.9 Å². The first kappa shape index (κ1) is 11.1. The summed E-state index contributed by atoms with van der Waals surface area (Å²) in [6, 6.07) is -0.114. The van der Waals surface area contributed by atoms with Crippen LogP contribution < -0.4 is 5.32 Å². The van der Waals surface area contributed by atoms with Gasteiger partial charge in [0.15, 0.2) is 5.60 Å². The second kappa shape index (κ2) is 3.00. The SMILES string of the molecule is Cl.O[C@]1(C(F)(F)F)C[C@@H]2NCC[C@@H]21. The lowest BCUT2D eigenvalue weighted by atomic mass is 9.65. The molecule has 0 spiro atoms. The largest absolute Gasteiger partial charge is 0.417 e. The van der Waals surface area contributed by atoms with Crippen molar-refractivity contribution in [2.45, 2.75) is 30.7 Å². The predicted octanol–water partition coefficient (Wildman–Crippen LogP) is 1.08. The number of nitrogens with one attached hydrogen (secondary N) is 1. The van der Waals surface area contributed by atoms with Crippen LogP contribution in [0.25, 0.3) is 0 Å². The maximum Gasteiger partial charge on any atom is 0.417 e. The first-order valence-electron chi connectivity index (χ1n) is 3.97. The van der Waals surface area contributed by atoms with Crippen LogP contribution in [-0.2, 0) is 0 Å². The molecule has 0 unspecified atom stereocenters. The Balaban J connectivity index is 0.000000845. The van der Waals surface area contributed by atoms with Crippen LogP contribution in [0.5, 0.6) is 0 Å². The van der Waals surface area contributed by atoms with Crippen molar-refractivity contribution in [2.75, 3.05) is 6.54 Å². The zero-order chi connectivity index (χ0) is 8.98. The summed E-state index contributed by atoms with van der Waals surface area (Å²) in [6.07, 6.45) is -4.21. The summed E-state index contributed by atoms with van der Waals surface area (Å²) in [6.45, 7) is 0.591. The van der Waals surface area contributed by atoms with Gasteiger partial charge in [0, 0.05) is 18.4 Å². The normalized spacial score (nSPS) is 43.4. The first-order valence-corrected chi connectivity index (χ1v) is 3.97. The van der Waals surface area contributed by atoms with Gasteiger partial charge < -0.3 is 10.4 Å². The zero-order valence-corrected chi connectivity index (χ0v) is 7.58. The molecule has 1 aliphatic heterocycles. The molecule has 1 saturated heterocycles. The number of alkyl halides is 3. The van der Waals surface area contributed by atoms with E-state index in [0.29, 0.717) is 13.0 Å². The molecule has 2 aliphatic rings.